The number of nitrogens with one attached hydrogen (secondary N) is 1. The first-order valence-electron chi connectivity index (χ1n) is 8.21. The van der Waals surface area contributed by atoms with Crippen LogP contribution in [0.15, 0.2) is 46.8 Å². The molecule has 0 fully saturated rings. The predicted octanol–water partition coefficient (Wildman–Crippen LogP) is 4.17. The lowest BCUT2D eigenvalue weighted by Crippen LogP contribution is -2.41. The fraction of sp³-hybridized carbons (Fsp3) is 0.263. The number of rotatable bonds is 5. The van der Waals surface area contributed by atoms with E-state index in [2.05, 4.69) is 10.3 Å². The zero-order valence-electron chi connectivity index (χ0n) is 14.4. The number of hydrogen-bond acceptors (Lipinski definition) is 6. The molecule has 0 unspecified atom stereocenters. The number of amides is 1. The van der Waals surface area contributed by atoms with E-state index in [1.165, 1.54) is 11.8 Å². The first-order valence-corrected chi connectivity index (χ1v) is 10.0. The Morgan fingerprint density at radius 3 is 2.88 bits per heavy atom. The van der Waals surface area contributed by atoms with Crippen LogP contribution in [0.3, 0.4) is 0 Å². The van der Waals surface area contributed by atoms with Gasteiger partial charge in [-0.3, -0.25) is 4.79 Å². The number of para-hydroxylation sites is 1. The monoisotopic (exact) mass is 386 g/mol. The van der Waals surface area contributed by atoms with Gasteiger partial charge in [0.05, 0.1) is 21.5 Å². The topological polar surface area (TPSA) is 60.5 Å². The average molecular weight is 386 g/mol. The lowest BCUT2D eigenvalue weighted by Gasteiger charge is -2.27. The van der Waals surface area contributed by atoms with Gasteiger partial charge in [-0.1, -0.05) is 30.0 Å². The Labute approximate surface area is 159 Å². The van der Waals surface area contributed by atoms with Gasteiger partial charge in [0, 0.05) is 0 Å². The van der Waals surface area contributed by atoms with Crippen molar-refractivity contribution in [3.8, 4) is 11.5 Å². The van der Waals surface area contributed by atoms with Gasteiger partial charge in [0.1, 0.15) is 0 Å². The van der Waals surface area contributed by atoms with Gasteiger partial charge < -0.3 is 14.8 Å². The Balaban J connectivity index is 1.40. The third-order valence-corrected chi connectivity index (χ3v) is 6.33. The van der Waals surface area contributed by atoms with Gasteiger partial charge in [0.25, 0.3) is 0 Å². The first-order chi connectivity index (χ1) is 12.5. The Hall–Kier alpha value is -2.25. The molecule has 4 rings (SSSR count). The average Bonchev–Trinajstić information content (AvgIpc) is 3.25. The molecule has 5 nitrogen and oxygen atoms in total. The minimum Gasteiger partial charge on any atom is -0.454 e. The largest absolute Gasteiger partial charge is 0.454 e. The zero-order chi connectivity index (χ0) is 18.1. The molecular weight excluding hydrogens is 368 g/mol. The van der Waals surface area contributed by atoms with Crippen LogP contribution in [-0.4, -0.2) is 23.4 Å². The summed E-state index contributed by atoms with van der Waals surface area (Å²) in [4.78, 5) is 17.0. The SMILES string of the molecule is CC(C)(NC(=O)CSc1nc2ccccc2s1)c1ccc2c(c1)OCO2. The van der Waals surface area contributed by atoms with Gasteiger partial charge in [-0.25, -0.2) is 4.98 Å². The molecule has 0 radical (unpaired) electrons. The summed E-state index contributed by atoms with van der Waals surface area (Å²) in [5.74, 6) is 1.75. The summed E-state index contributed by atoms with van der Waals surface area (Å²) in [5, 5.41) is 3.09. The molecule has 2 aromatic carbocycles. The van der Waals surface area contributed by atoms with Gasteiger partial charge in [-0.15, -0.1) is 11.3 Å². The summed E-state index contributed by atoms with van der Waals surface area (Å²) in [6.45, 7) is 4.19. The fourth-order valence-electron chi connectivity index (χ4n) is 2.78. The Morgan fingerprint density at radius 2 is 2.04 bits per heavy atom. The summed E-state index contributed by atoms with van der Waals surface area (Å²) in [6, 6.07) is 13.7. The van der Waals surface area contributed by atoms with Crippen LogP contribution in [-0.2, 0) is 10.3 Å². The van der Waals surface area contributed by atoms with E-state index < -0.39 is 5.54 Å². The fourth-order valence-corrected chi connectivity index (χ4v) is 4.65. The number of ether oxygens (including phenoxy) is 2. The molecule has 1 amide bonds. The summed E-state index contributed by atoms with van der Waals surface area (Å²) in [6.07, 6.45) is 0. The highest BCUT2D eigenvalue weighted by Crippen LogP contribution is 2.36. The first kappa shape index (κ1) is 17.2. The predicted molar refractivity (Wildman–Crippen MR) is 104 cm³/mol. The second kappa shape index (κ2) is 6.81. The number of carbonyl (C=O) groups is 1. The Morgan fingerprint density at radius 1 is 1.23 bits per heavy atom. The minimum atomic E-state index is -0.508. The maximum Gasteiger partial charge on any atom is 0.231 e. The summed E-state index contributed by atoms with van der Waals surface area (Å²) in [7, 11) is 0. The van der Waals surface area contributed by atoms with Crippen LogP contribution in [0, 0.1) is 0 Å². The molecule has 1 aliphatic heterocycles. The molecule has 1 aromatic heterocycles. The molecule has 26 heavy (non-hydrogen) atoms. The van der Waals surface area contributed by atoms with E-state index in [1.807, 2.05) is 56.3 Å². The van der Waals surface area contributed by atoms with E-state index in [9.17, 15) is 4.79 Å². The van der Waals surface area contributed by atoms with Crippen LogP contribution in [0.2, 0.25) is 0 Å². The molecule has 2 heterocycles. The highest BCUT2D eigenvalue weighted by atomic mass is 32.2. The van der Waals surface area contributed by atoms with Crippen LogP contribution < -0.4 is 14.8 Å². The summed E-state index contributed by atoms with van der Waals surface area (Å²) in [5.41, 5.74) is 1.44. The van der Waals surface area contributed by atoms with Crippen molar-refractivity contribution in [3.63, 3.8) is 0 Å². The van der Waals surface area contributed by atoms with Crippen molar-refractivity contribution in [2.75, 3.05) is 12.5 Å². The van der Waals surface area contributed by atoms with Crippen LogP contribution >= 0.6 is 23.1 Å². The van der Waals surface area contributed by atoms with Crippen molar-refractivity contribution in [3.05, 3.63) is 48.0 Å². The quantitative estimate of drug-likeness (QED) is 0.667. The van der Waals surface area contributed by atoms with Gasteiger partial charge in [-0.2, -0.15) is 0 Å². The van der Waals surface area contributed by atoms with Crippen LogP contribution in [0.5, 0.6) is 11.5 Å². The maximum absolute atomic E-state index is 12.4. The molecule has 1 aliphatic rings. The molecule has 0 atom stereocenters. The van der Waals surface area contributed by atoms with Crippen molar-refractivity contribution >= 4 is 39.2 Å². The molecule has 134 valence electrons. The zero-order valence-corrected chi connectivity index (χ0v) is 16.1. The molecule has 0 bridgehead atoms. The number of nitrogens with zero attached hydrogens (tertiary/aromatic N) is 1. The van der Waals surface area contributed by atoms with E-state index in [0.717, 1.165) is 25.9 Å². The van der Waals surface area contributed by atoms with Crippen LogP contribution in [0.4, 0.5) is 0 Å². The van der Waals surface area contributed by atoms with Crippen molar-refractivity contribution in [1.29, 1.82) is 0 Å². The molecule has 0 spiro atoms. The van der Waals surface area contributed by atoms with E-state index in [0.29, 0.717) is 11.5 Å². The highest BCUT2D eigenvalue weighted by Gasteiger charge is 2.25. The molecule has 3 aromatic rings. The van der Waals surface area contributed by atoms with Crippen molar-refractivity contribution < 1.29 is 14.3 Å². The van der Waals surface area contributed by atoms with Crippen molar-refractivity contribution in [1.82, 2.24) is 10.3 Å². The van der Waals surface area contributed by atoms with E-state index in [-0.39, 0.29) is 12.7 Å². The second-order valence-corrected chi connectivity index (χ2v) is 8.73. The standard InChI is InChI=1S/C19H18N2O3S2/c1-19(2,12-7-8-14-15(9-12)24-11-23-14)21-17(22)10-25-18-20-13-5-3-4-6-16(13)26-18/h3-9H,10-11H2,1-2H3,(H,21,22). The number of benzene rings is 2. The van der Waals surface area contributed by atoms with E-state index in [1.54, 1.807) is 11.3 Å². The number of aromatic nitrogens is 1. The van der Waals surface area contributed by atoms with Crippen LogP contribution in [0.25, 0.3) is 10.2 Å². The highest BCUT2D eigenvalue weighted by molar-refractivity contribution is 8.01. The number of thioether (sulfide) groups is 1. The van der Waals surface area contributed by atoms with E-state index in [4.69, 9.17) is 9.47 Å². The third kappa shape index (κ3) is 3.50. The van der Waals surface area contributed by atoms with Gasteiger partial charge in [0.2, 0.25) is 12.7 Å². The molecule has 0 saturated heterocycles. The normalized spacial score (nSPS) is 13.2. The lowest BCUT2D eigenvalue weighted by molar-refractivity contribution is -0.120. The summed E-state index contributed by atoms with van der Waals surface area (Å²) < 4.78 is 12.8. The molecule has 1 N–H and O–H groups in total. The molecule has 0 aliphatic carbocycles. The number of fused-ring (bicyclic) bond motifs is 2. The smallest absolute Gasteiger partial charge is 0.231 e. The minimum absolute atomic E-state index is 0.0306. The van der Waals surface area contributed by atoms with E-state index >= 15 is 0 Å². The second-order valence-electron chi connectivity index (χ2n) is 6.48. The molecular formula is C19H18N2O3S2. The molecule has 0 saturated carbocycles. The number of hydrogen-bond donors (Lipinski definition) is 1. The van der Waals surface area contributed by atoms with Crippen molar-refractivity contribution in [2.24, 2.45) is 0 Å². The summed E-state index contributed by atoms with van der Waals surface area (Å²) >= 11 is 3.07. The third-order valence-electron chi connectivity index (χ3n) is 4.15. The maximum atomic E-state index is 12.4. The van der Waals surface area contributed by atoms with Gasteiger partial charge in [0.15, 0.2) is 15.8 Å². The van der Waals surface area contributed by atoms with Crippen molar-refractivity contribution in [2.45, 2.75) is 23.7 Å². The number of carbonyl (C=O) groups excluding carboxylic acids is 1. The lowest BCUT2D eigenvalue weighted by atomic mass is 9.94. The van der Waals surface area contributed by atoms with Crippen LogP contribution in [0.1, 0.15) is 19.4 Å². The molecule has 7 heteroatoms. The Kier molecular flexibility index (Phi) is 4.50. The number of thiazole rings is 1. The van der Waals surface area contributed by atoms with Gasteiger partial charge in [-0.05, 0) is 43.7 Å². The van der Waals surface area contributed by atoms with Gasteiger partial charge >= 0.3 is 0 Å². The Bertz CT molecular complexity index is 935.